The Labute approximate surface area is 162 Å². The first-order valence-corrected chi connectivity index (χ1v) is 9.70. The number of carbonyl (C=O) groups excluding carboxylic acids is 1. The van der Waals surface area contributed by atoms with Crippen LogP contribution in [0, 0.1) is 0 Å². The van der Waals surface area contributed by atoms with Crippen LogP contribution in [0.15, 0.2) is 27.7 Å². The maximum atomic E-state index is 11.2. The van der Waals surface area contributed by atoms with Gasteiger partial charge >= 0.3 is 6.03 Å². The number of carbonyl (C=O) groups is 1. The number of piperidine rings is 1. The van der Waals surface area contributed by atoms with E-state index in [-0.39, 0.29) is 6.03 Å². The standard InChI is InChI=1S/C17H25BrClN5O/c1-2-21-17(23-14-6-9-24(10-7-14)16(20)25)22-8-5-12-11-13(19)3-4-15(12)18/h3-4,11,14H,2,5-10H2,1H3,(H2,20,25)(H2,21,22,23). The number of nitrogens with one attached hydrogen (secondary N) is 2. The van der Waals surface area contributed by atoms with Crippen molar-refractivity contribution in [1.29, 1.82) is 0 Å². The molecule has 1 aliphatic heterocycles. The third-order valence-corrected chi connectivity index (χ3v) is 5.16. The van der Waals surface area contributed by atoms with Crippen molar-refractivity contribution in [3.8, 4) is 0 Å². The molecule has 138 valence electrons. The number of nitrogens with two attached hydrogens (primary N) is 1. The van der Waals surface area contributed by atoms with Crippen LogP contribution in [0.5, 0.6) is 0 Å². The van der Waals surface area contributed by atoms with Crippen molar-refractivity contribution >= 4 is 39.5 Å². The van der Waals surface area contributed by atoms with Gasteiger partial charge in [0.2, 0.25) is 0 Å². The van der Waals surface area contributed by atoms with Crippen LogP contribution in [0.1, 0.15) is 25.3 Å². The summed E-state index contributed by atoms with van der Waals surface area (Å²) in [6, 6.07) is 5.73. The van der Waals surface area contributed by atoms with Crippen LogP contribution in [0.4, 0.5) is 4.79 Å². The lowest BCUT2D eigenvalue weighted by Crippen LogP contribution is -2.50. The number of hydrogen-bond donors (Lipinski definition) is 3. The quantitative estimate of drug-likeness (QED) is 0.496. The minimum atomic E-state index is -0.342. The zero-order valence-corrected chi connectivity index (χ0v) is 16.7. The molecule has 0 radical (unpaired) electrons. The third-order valence-electron chi connectivity index (χ3n) is 4.15. The van der Waals surface area contributed by atoms with Gasteiger partial charge in [0.05, 0.1) is 0 Å². The molecule has 1 fully saturated rings. The molecular weight excluding hydrogens is 406 g/mol. The summed E-state index contributed by atoms with van der Waals surface area (Å²) in [5.74, 6) is 0.804. The normalized spacial score (nSPS) is 16.0. The molecule has 2 rings (SSSR count). The van der Waals surface area contributed by atoms with Crippen LogP contribution in [-0.2, 0) is 6.42 Å². The highest BCUT2D eigenvalue weighted by Crippen LogP contribution is 2.21. The van der Waals surface area contributed by atoms with E-state index in [1.54, 1.807) is 4.90 Å². The highest BCUT2D eigenvalue weighted by molar-refractivity contribution is 9.10. The molecule has 1 aromatic carbocycles. The molecule has 0 aromatic heterocycles. The van der Waals surface area contributed by atoms with Crippen LogP contribution >= 0.6 is 27.5 Å². The molecule has 25 heavy (non-hydrogen) atoms. The van der Waals surface area contributed by atoms with Gasteiger partial charge in [-0.15, -0.1) is 0 Å². The highest BCUT2D eigenvalue weighted by Gasteiger charge is 2.21. The number of benzene rings is 1. The van der Waals surface area contributed by atoms with E-state index in [1.807, 2.05) is 25.1 Å². The molecule has 1 saturated heterocycles. The average Bonchev–Trinajstić information content (AvgIpc) is 2.58. The monoisotopic (exact) mass is 429 g/mol. The number of halogens is 2. The molecule has 4 N–H and O–H groups in total. The molecule has 0 unspecified atom stereocenters. The van der Waals surface area contributed by atoms with Crippen LogP contribution in [-0.4, -0.2) is 49.1 Å². The SMILES string of the molecule is CCNC(=NCCc1cc(Cl)ccc1Br)NC1CCN(C(N)=O)CC1. The van der Waals surface area contributed by atoms with E-state index in [0.717, 1.165) is 46.8 Å². The smallest absolute Gasteiger partial charge is 0.314 e. The number of nitrogens with zero attached hydrogens (tertiary/aromatic N) is 2. The first-order chi connectivity index (χ1) is 12.0. The van der Waals surface area contributed by atoms with E-state index in [0.29, 0.717) is 25.7 Å². The number of likely N-dealkylation sites (tertiary alicyclic amines) is 1. The second-order valence-electron chi connectivity index (χ2n) is 5.99. The number of guanidine groups is 1. The van der Waals surface area contributed by atoms with Crippen molar-refractivity contribution in [1.82, 2.24) is 15.5 Å². The summed E-state index contributed by atoms with van der Waals surface area (Å²) in [6.07, 6.45) is 2.54. The van der Waals surface area contributed by atoms with Gasteiger partial charge in [0, 0.05) is 41.7 Å². The van der Waals surface area contributed by atoms with Gasteiger partial charge in [-0.1, -0.05) is 27.5 Å². The molecule has 6 nitrogen and oxygen atoms in total. The van der Waals surface area contributed by atoms with Gasteiger partial charge in [0.25, 0.3) is 0 Å². The summed E-state index contributed by atoms with van der Waals surface area (Å²) < 4.78 is 1.05. The molecule has 0 atom stereocenters. The third kappa shape index (κ3) is 6.40. The van der Waals surface area contributed by atoms with E-state index in [1.165, 1.54) is 0 Å². The van der Waals surface area contributed by atoms with Crippen LogP contribution < -0.4 is 16.4 Å². The molecule has 1 aliphatic rings. The van der Waals surface area contributed by atoms with Crippen LogP contribution in [0.25, 0.3) is 0 Å². The topological polar surface area (TPSA) is 82.8 Å². The molecule has 0 saturated carbocycles. The van der Waals surface area contributed by atoms with Gasteiger partial charge in [-0.2, -0.15) is 0 Å². The lowest BCUT2D eigenvalue weighted by Gasteiger charge is -2.32. The van der Waals surface area contributed by atoms with Gasteiger partial charge in [-0.3, -0.25) is 4.99 Å². The molecule has 1 heterocycles. The minimum absolute atomic E-state index is 0.298. The molecule has 0 spiro atoms. The zero-order valence-electron chi connectivity index (χ0n) is 14.4. The van der Waals surface area contributed by atoms with Gasteiger partial charge in [0.15, 0.2) is 5.96 Å². The summed E-state index contributed by atoms with van der Waals surface area (Å²) in [7, 11) is 0. The van der Waals surface area contributed by atoms with Crippen molar-refractivity contribution in [2.24, 2.45) is 10.7 Å². The predicted octanol–water partition coefficient (Wildman–Crippen LogP) is 2.74. The van der Waals surface area contributed by atoms with Gasteiger partial charge in [0.1, 0.15) is 0 Å². The van der Waals surface area contributed by atoms with Gasteiger partial charge in [-0.25, -0.2) is 4.79 Å². The van der Waals surface area contributed by atoms with Crippen molar-refractivity contribution in [3.05, 3.63) is 33.3 Å². The fourth-order valence-electron chi connectivity index (χ4n) is 2.78. The van der Waals surface area contributed by atoms with Crippen molar-refractivity contribution in [3.63, 3.8) is 0 Å². The number of aliphatic imine (C=N–C) groups is 1. The van der Waals surface area contributed by atoms with Gasteiger partial charge in [-0.05, 0) is 49.9 Å². The molecular formula is C17H25BrClN5O. The van der Waals surface area contributed by atoms with E-state index in [2.05, 4.69) is 31.6 Å². The zero-order chi connectivity index (χ0) is 18.2. The number of hydrogen-bond acceptors (Lipinski definition) is 2. The Bertz CT molecular complexity index is 617. The number of urea groups is 1. The van der Waals surface area contributed by atoms with E-state index in [9.17, 15) is 4.79 Å². The summed E-state index contributed by atoms with van der Waals surface area (Å²) in [6.45, 7) is 4.87. The fraction of sp³-hybridized carbons (Fsp3) is 0.529. The Morgan fingerprint density at radius 2 is 2.16 bits per heavy atom. The summed E-state index contributed by atoms with van der Waals surface area (Å²) >= 11 is 9.60. The van der Waals surface area contributed by atoms with Crippen molar-refractivity contribution in [2.75, 3.05) is 26.2 Å². The molecule has 0 bridgehead atoms. The predicted molar refractivity (Wildman–Crippen MR) is 106 cm³/mol. The Morgan fingerprint density at radius 1 is 1.44 bits per heavy atom. The van der Waals surface area contributed by atoms with Crippen molar-refractivity contribution in [2.45, 2.75) is 32.2 Å². The lowest BCUT2D eigenvalue weighted by molar-refractivity contribution is 0.188. The summed E-state index contributed by atoms with van der Waals surface area (Å²) in [5, 5.41) is 7.45. The second-order valence-corrected chi connectivity index (χ2v) is 7.28. The summed E-state index contributed by atoms with van der Waals surface area (Å²) in [5.41, 5.74) is 6.46. The second kappa shape index (κ2) is 9.87. The largest absolute Gasteiger partial charge is 0.357 e. The van der Waals surface area contributed by atoms with E-state index >= 15 is 0 Å². The van der Waals surface area contributed by atoms with Gasteiger partial charge < -0.3 is 21.3 Å². The Morgan fingerprint density at radius 3 is 2.80 bits per heavy atom. The van der Waals surface area contributed by atoms with E-state index < -0.39 is 0 Å². The molecule has 8 heteroatoms. The van der Waals surface area contributed by atoms with Crippen molar-refractivity contribution < 1.29 is 4.79 Å². The van der Waals surface area contributed by atoms with E-state index in [4.69, 9.17) is 17.3 Å². The molecule has 1 aromatic rings. The molecule has 0 aliphatic carbocycles. The number of amides is 2. The van der Waals surface area contributed by atoms with Crippen LogP contribution in [0.2, 0.25) is 5.02 Å². The highest BCUT2D eigenvalue weighted by atomic mass is 79.9. The Hall–Kier alpha value is -1.47. The average molecular weight is 431 g/mol. The fourth-order valence-corrected chi connectivity index (χ4v) is 3.42. The number of rotatable bonds is 5. The maximum Gasteiger partial charge on any atom is 0.314 e. The molecule has 2 amide bonds. The minimum Gasteiger partial charge on any atom is -0.357 e. The first kappa shape index (κ1) is 19.8. The summed E-state index contributed by atoms with van der Waals surface area (Å²) in [4.78, 5) is 17.5. The Kier molecular flexibility index (Phi) is 7.84. The lowest BCUT2D eigenvalue weighted by atomic mass is 10.1. The Balaban J connectivity index is 1.88. The first-order valence-electron chi connectivity index (χ1n) is 8.52. The van der Waals surface area contributed by atoms with Crippen LogP contribution in [0.3, 0.4) is 0 Å². The number of primary amides is 1. The maximum absolute atomic E-state index is 11.2.